The van der Waals surface area contributed by atoms with E-state index < -0.39 is 29.6 Å². The van der Waals surface area contributed by atoms with Crippen molar-refractivity contribution in [2.75, 3.05) is 26.4 Å². The number of ether oxygens (including phenoxy) is 2. The lowest BCUT2D eigenvalue weighted by Crippen LogP contribution is -2.25. The van der Waals surface area contributed by atoms with Crippen molar-refractivity contribution in [3.05, 3.63) is 10.1 Å². The van der Waals surface area contributed by atoms with Crippen molar-refractivity contribution in [3.63, 3.8) is 0 Å². The minimum atomic E-state index is -0.954. The van der Waals surface area contributed by atoms with Crippen molar-refractivity contribution in [3.8, 4) is 0 Å². The van der Waals surface area contributed by atoms with E-state index in [2.05, 4.69) is 4.84 Å². The molecule has 0 aliphatic carbocycles. The van der Waals surface area contributed by atoms with E-state index in [4.69, 9.17) is 14.6 Å². The molecule has 0 aromatic rings. The van der Waals surface area contributed by atoms with E-state index in [9.17, 15) is 19.7 Å². The normalized spacial score (nSPS) is 11.5. The summed E-state index contributed by atoms with van der Waals surface area (Å²) in [5.41, 5.74) is 0. The molecule has 0 heterocycles. The number of carbonyl (C=O) groups is 2. The summed E-state index contributed by atoms with van der Waals surface area (Å²) in [6, 6.07) is 0. The van der Waals surface area contributed by atoms with Crippen LogP contribution in [0.25, 0.3) is 0 Å². The Morgan fingerprint density at radius 3 is 2.41 bits per heavy atom. The third-order valence-corrected chi connectivity index (χ3v) is 2.71. The number of rotatable bonds is 13. The van der Waals surface area contributed by atoms with Crippen molar-refractivity contribution in [2.45, 2.75) is 39.0 Å². The van der Waals surface area contributed by atoms with Crippen LogP contribution in [0.2, 0.25) is 0 Å². The molecule has 128 valence electrons. The fourth-order valence-electron chi connectivity index (χ4n) is 1.51. The van der Waals surface area contributed by atoms with Gasteiger partial charge < -0.3 is 19.4 Å². The fourth-order valence-corrected chi connectivity index (χ4v) is 1.51. The topological polar surface area (TPSA) is 125 Å². The maximum Gasteiger partial charge on any atom is 0.311 e. The Kier molecular flexibility index (Phi) is 11.7. The highest BCUT2D eigenvalue weighted by molar-refractivity contribution is 5.80. The second kappa shape index (κ2) is 12.8. The van der Waals surface area contributed by atoms with E-state index in [1.165, 1.54) is 0 Å². The van der Waals surface area contributed by atoms with Gasteiger partial charge in [0.1, 0.15) is 0 Å². The summed E-state index contributed by atoms with van der Waals surface area (Å²) in [4.78, 5) is 37.0. The summed E-state index contributed by atoms with van der Waals surface area (Å²) < 4.78 is 9.75. The molecule has 0 aromatic carbocycles. The predicted octanol–water partition coefficient (Wildman–Crippen LogP) is 0.860. The zero-order valence-corrected chi connectivity index (χ0v) is 12.7. The Morgan fingerprint density at radius 2 is 1.82 bits per heavy atom. The van der Waals surface area contributed by atoms with Crippen LogP contribution in [-0.2, 0) is 23.9 Å². The van der Waals surface area contributed by atoms with Crippen molar-refractivity contribution in [1.82, 2.24) is 0 Å². The lowest BCUT2D eigenvalue weighted by molar-refractivity contribution is -0.757. The molecule has 22 heavy (non-hydrogen) atoms. The number of nitrogens with zero attached hydrogens (tertiary/aromatic N) is 1. The van der Waals surface area contributed by atoms with E-state index in [1.54, 1.807) is 0 Å². The van der Waals surface area contributed by atoms with E-state index in [0.29, 0.717) is 0 Å². The van der Waals surface area contributed by atoms with Crippen LogP contribution >= 0.6 is 0 Å². The van der Waals surface area contributed by atoms with Gasteiger partial charge in [-0.25, -0.2) is 0 Å². The first-order valence-electron chi connectivity index (χ1n) is 7.21. The molecule has 0 aliphatic rings. The number of esters is 2. The predicted molar refractivity (Wildman–Crippen MR) is 74.2 cm³/mol. The largest absolute Gasteiger partial charge is 0.466 e. The van der Waals surface area contributed by atoms with Gasteiger partial charge in [-0.15, -0.1) is 10.1 Å². The van der Waals surface area contributed by atoms with E-state index in [0.717, 1.165) is 19.3 Å². The molecule has 0 saturated carbocycles. The van der Waals surface area contributed by atoms with Crippen LogP contribution in [-0.4, -0.2) is 48.6 Å². The highest BCUT2D eigenvalue weighted by Gasteiger charge is 2.23. The van der Waals surface area contributed by atoms with Crippen LogP contribution in [0.5, 0.6) is 0 Å². The van der Waals surface area contributed by atoms with Gasteiger partial charge >= 0.3 is 11.9 Å². The molecule has 0 rings (SSSR count). The molecule has 0 spiro atoms. The molecular weight excluding hydrogens is 298 g/mol. The van der Waals surface area contributed by atoms with Crippen LogP contribution in [0.4, 0.5) is 0 Å². The van der Waals surface area contributed by atoms with Crippen LogP contribution in [0.1, 0.15) is 39.0 Å². The number of hydrogen-bond acceptors (Lipinski definition) is 8. The van der Waals surface area contributed by atoms with Crippen molar-refractivity contribution < 1.29 is 34.1 Å². The summed E-state index contributed by atoms with van der Waals surface area (Å²) in [7, 11) is 0. The second-order valence-corrected chi connectivity index (χ2v) is 4.59. The lowest BCUT2D eigenvalue weighted by atomic mass is 10.1. The van der Waals surface area contributed by atoms with Crippen LogP contribution in [0, 0.1) is 16.0 Å². The standard InChI is InChI=1S/C13H23NO8/c1-2-3-4-6-21-13(17)11(10-15)9-12(16)20-7-5-8-22-14(18)19/h11,15H,2-10H2,1H3. The molecule has 0 aliphatic heterocycles. The highest BCUT2D eigenvalue weighted by atomic mass is 16.9. The van der Waals surface area contributed by atoms with Crippen molar-refractivity contribution >= 4 is 11.9 Å². The van der Waals surface area contributed by atoms with E-state index >= 15 is 0 Å². The molecule has 9 heteroatoms. The summed E-state index contributed by atoms with van der Waals surface area (Å²) in [5.74, 6) is -2.26. The zero-order valence-electron chi connectivity index (χ0n) is 12.7. The van der Waals surface area contributed by atoms with Crippen LogP contribution in [0.15, 0.2) is 0 Å². The van der Waals surface area contributed by atoms with Gasteiger partial charge in [0.25, 0.3) is 5.09 Å². The molecule has 0 radical (unpaired) electrons. The maximum absolute atomic E-state index is 11.6. The third-order valence-electron chi connectivity index (χ3n) is 2.71. The highest BCUT2D eigenvalue weighted by Crippen LogP contribution is 2.08. The third kappa shape index (κ3) is 10.8. The Morgan fingerprint density at radius 1 is 1.14 bits per heavy atom. The van der Waals surface area contributed by atoms with Gasteiger partial charge in [0, 0.05) is 6.42 Å². The SMILES string of the molecule is CCCCCOC(=O)C(CO)CC(=O)OCCCO[N+](=O)[O-]. The first-order chi connectivity index (χ1) is 10.5. The van der Waals surface area contributed by atoms with Crippen molar-refractivity contribution in [1.29, 1.82) is 0 Å². The summed E-state index contributed by atoms with van der Waals surface area (Å²) >= 11 is 0. The Bertz CT molecular complexity index is 347. The lowest BCUT2D eigenvalue weighted by Gasteiger charge is -2.13. The monoisotopic (exact) mass is 321 g/mol. The van der Waals surface area contributed by atoms with Gasteiger partial charge in [-0.3, -0.25) is 9.59 Å². The average molecular weight is 321 g/mol. The number of aliphatic hydroxyl groups excluding tert-OH is 1. The molecule has 0 saturated heterocycles. The van der Waals surface area contributed by atoms with Gasteiger partial charge in [-0.05, 0) is 6.42 Å². The second-order valence-electron chi connectivity index (χ2n) is 4.59. The van der Waals surface area contributed by atoms with Gasteiger partial charge in [-0.2, -0.15) is 0 Å². The minimum Gasteiger partial charge on any atom is -0.466 e. The van der Waals surface area contributed by atoms with Gasteiger partial charge in [-0.1, -0.05) is 19.8 Å². The Balaban J connectivity index is 3.87. The van der Waals surface area contributed by atoms with Gasteiger partial charge in [0.2, 0.25) is 0 Å². The minimum absolute atomic E-state index is 0.0592. The summed E-state index contributed by atoms with van der Waals surface area (Å²) in [5, 5.41) is 18.1. The maximum atomic E-state index is 11.6. The number of unbranched alkanes of at least 4 members (excludes halogenated alkanes) is 2. The van der Waals surface area contributed by atoms with Gasteiger partial charge in [0.05, 0.1) is 38.8 Å². The van der Waals surface area contributed by atoms with E-state index in [-0.39, 0.29) is 32.7 Å². The summed E-state index contributed by atoms with van der Waals surface area (Å²) in [6.07, 6.45) is 2.54. The summed E-state index contributed by atoms with van der Waals surface area (Å²) in [6.45, 7) is 1.53. The van der Waals surface area contributed by atoms with Crippen molar-refractivity contribution in [2.24, 2.45) is 5.92 Å². The van der Waals surface area contributed by atoms with Gasteiger partial charge in [0.15, 0.2) is 0 Å². The molecular formula is C13H23NO8. The molecule has 9 nitrogen and oxygen atoms in total. The molecule has 0 aromatic heterocycles. The zero-order chi connectivity index (χ0) is 16.8. The van der Waals surface area contributed by atoms with Crippen LogP contribution in [0.3, 0.4) is 0 Å². The number of carbonyl (C=O) groups excluding carboxylic acids is 2. The molecule has 0 amide bonds. The Labute approximate surface area is 128 Å². The first-order valence-corrected chi connectivity index (χ1v) is 7.21. The van der Waals surface area contributed by atoms with E-state index in [1.807, 2.05) is 6.92 Å². The number of hydrogen-bond donors (Lipinski definition) is 1. The molecule has 1 atom stereocenters. The average Bonchev–Trinajstić information content (AvgIpc) is 2.48. The van der Waals surface area contributed by atoms with Crippen LogP contribution < -0.4 is 0 Å². The molecule has 1 N–H and O–H groups in total. The fraction of sp³-hybridized carbons (Fsp3) is 0.846. The quantitative estimate of drug-likeness (QED) is 0.229. The molecule has 0 bridgehead atoms. The molecule has 0 fully saturated rings. The number of aliphatic hydroxyl groups is 1. The smallest absolute Gasteiger partial charge is 0.311 e. The first kappa shape index (κ1) is 20.1. The Hall–Kier alpha value is -1.90. The molecule has 1 unspecified atom stereocenters.